The minimum atomic E-state index is -0.352. The molecule has 2 aliphatic rings. The lowest BCUT2D eigenvalue weighted by Crippen LogP contribution is -2.28. The molecule has 1 saturated heterocycles. The van der Waals surface area contributed by atoms with Gasteiger partial charge in [-0.2, -0.15) is 0 Å². The summed E-state index contributed by atoms with van der Waals surface area (Å²) < 4.78 is 14.8. The van der Waals surface area contributed by atoms with Crippen LogP contribution in [0.1, 0.15) is 95.1 Å². The van der Waals surface area contributed by atoms with Gasteiger partial charge in [-0.3, -0.25) is 0 Å². The van der Waals surface area contributed by atoms with Crippen LogP contribution < -0.4 is 0 Å². The molecule has 2 aromatic carbocycles. The van der Waals surface area contributed by atoms with Crippen molar-refractivity contribution < 1.29 is 4.39 Å². The Balaban J connectivity index is 1.29. The molecule has 0 spiro atoms. The molecular weight excluding hydrogens is 419 g/mol. The van der Waals surface area contributed by atoms with Crippen molar-refractivity contribution in [2.24, 2.45) is 11.8 Å². The monoisotopic (exact) mass is 464 g/mol. The standard InChI is InChI=1S/C31H45FSi/c1-3-5-6-7-24-8-17-30(31(32)23-24)29-15-13-26(14-16-29)25-9-11-27(12-10-25)28-18-21-33(20-4-2)22-19-28/h8,13-17,23,25,27-28,33H,3-7,9-12,18-22H2,1-2H3. The van der Waals surface area contributed by atoms with Crippen LogP contribution in [0, 0.1) is 17.7 Å². The molecule has 4 rings (SSSR count). The second-order valence-corrected chi connectivity index (χ2v) is 14.5. The lowest BCUT2D eigenvalue weighted by atomic mass is 9.72. The van der Waals surface area contributed by atoms with Gasteiger partial charge in [0.2, 0.25) is 0 Å². The maximum atomic E-state index is 14.8. The van der Waals surface area contributed by atoms with Gasteiger partial charge in [-0.05, 0) is 79.0 Å². The summed E-state index contributed by atoms with van der Waals surface area (Å²) in [6, 6.07) is 19.5. The summed E-state index contributed by atoms with van der Waals surface area (Å²) in [5.74, 6) is 2.64. The van der Waals surface area contributed by atoms with Crippen LogP contribution in [0.4, 0.5) is 4.39 Å². The maximum absolute atomic E-state index is 14.8. The molecule has 0 atom stereocenters. The Morgan fingerprint density at radius 2 is 1.48 bits per heavy atom. The van der Waals surface area contributed by atoms with Crippen molar-refractivity contribution in [2.75, 3.05) is 0 Å². The van der Waals surface area contributed by atoms with Crippen molar-refractivity contribution in [3.63, 3.8) is 0 Å². The number of benzene rings is 2. The van der Waals surface area contributed by atoms with E-state index in [9.17, 15) is 4.39 Å². The second-order valence-electron chi connectivity index (χ2n) is 11.1. The molecule has 1 heterocycles. The number of aryl methyl sites for hydroxylation is 1. The number of hydrogen-bond acceptors (Lipinski definition) is 0. The van der Waals surface area contributed by atoms with Crippen molar-refractivity contribution in [1.29, 1.82) is 0 Å². The average Bonchev–Trinajstić information content (AvgIpc) is 2.85. The van der Waals surface area contributed by atoms with Crippen molar-refractivity contribution in [3.05, 3.63) is 59.4 Å². The van der Waals surface area contributed by atoms with E-state index >= 15 is 0 Å². The predicted octanol–water partition coefficient (Wildman–Crippen LogP) is 9.55. The van der Waals surface area contributed by atoms with Gasteiger partial charge in [0.15, 0.2) is 0 Å². The van der Waals surface area contributed by atoms with E-state index in [1.807, 2.05) is 6.07 Å². The molecule has 33 heavy (non-hydrogen) atoms. The fourth-order valence-electron chi connectivity index (χ4n) is 6.74. The van der Waals surface area contributed by atoms with Gasteiger partial charge in [0.1, 0.15) is 5.82 Å². The molecule has 0 bridgehead atoms. The van der Waals surface area contributed by atoms with Crippen LogP contribution in [0.3, 0.4) is 0 Å². The van der Waals surface area contributed by atoms with E-state index in [1.165, 1.54) is 50.5 Å². The first-order chi connectivity index (χ1) is 16.2. The van der Waals surface area contributed by atoms with Crippen LogP contribution in [0.25, 0.3) is 11.1 Å². The molecule has 2 aromatic rings. The van der Waals surface area contributed by atoms with Crippen LogP contribution in [-0.4, -0.2) is 8.80 Å². The highest BCUT2D eigenvalue weighted by molar-refractivity contribution is 6.58. The fourth-order valence-corrected chi connectivity index (χ4v) is 10.2. The Hall–Kier alpha value is -1.41. The number of hydrogen-bond donors (Lipinski definition) is 0. The highest BCUT2D eigenvalue weighted by atomic mass is 28.3. The minimum absolute atomic E-state index is 0.0750. The van der Waals surface area contributed by atoms with Gasteiger partial charge in [-0.25, -0.2) is 4.39 Å². The number of unbranched alkanes of at least 4 members (excludes halogenated alkanes) is 2. The van der Waals surface area contributed by atoms with E-state index < -0.39 is 0 Å². The summed E-state index contributed by atoms with van der Waals surface area (Å²) in [5.41, 5.74) is 4.34. The first-order valence-corrected chi connectivity index (χ1v) is 16.5. The second kappa shape index (κ2) is 12.3. The minimum Gasteiger partial charge on any atom is -0.206 e. The summed E-state index contributed by atoms with van der Waals surface area (Å²) in [6.07, 6.45) is 14.6. The lowest BCUT2D eigenvalue weighted by molar-refractivity contribution is 0.216. The summed E-state index contributed by atoms with van der Waals surface area (Å²) in [7, 11) is -0.352. The Labute approximate surface area is 204 Å². The molecule has 2 fully saturated rings. The zero-order valence-corrected chi connectivity index (χ0v) is 22.3. The highest BCUT2D eigenvalue weighted by Crippen LogP contribution is 2.43. The van der Waals surface area contributed by atoms with E-state index in [0.29, 0.717) is 5.92 Å². The quantitative estimate of drug-likeness (QED) is 0.256. The van der Waals surface area contributed by atoms with Gasteiger partial charge in [0.25, 0.3) is 0 Å². The largest absolute Gasteiger partial charge is 0.206 e. The molecule has 0 radical (unpaired) electrons. The summed E-state index contributed by atoms with van der Waals surface area (Å²) in [6.45, 7) is 4.58. The number of halogens is 1. The smallest absolute Gasteiger partial charge is 0.131 e. The Bertz CT molecular complexity index is 842. The molecule has 180 valence electrons. The SMILES string of the molecule is CCCCCc1ccc(-c2ccc(C3CCC(C4CC[SiH](CCC)CC4)CC3)cc2)c(F)c1. The van der Waals surface area contributed by atoms with Crippen LogP contribution >= 0.6 is 0 Å². The van der Waals surface area contributed by atoms with E-state index in [1.54, 1.807) is 37.0 Å². The van der Waals surface area contributed by atoms with Gasteiger partial charge in [-0.1, -0.05) is 100 Å². The molecule has 1 aliphatic carbocycles. The van der Waals surface area contributed by atoms with Crippen LogP contribution in [0.2, 0.25) is 18.1 Å². The van der Waals surface area contributed by atoms with Crippen molar-refractivity contribution in [3.8, 4) is 11.1 Å². The molecule has 2 heteroatoms. The summed E-state index contributed by atoms with van der Waals surface area (Å²) >= 11 is 0. The van der Waals surface area contributed by atoms with Gasteiger partial charge in [0, 0.05) is 14.4 Å². The van der Waals surface area contributed by atoms with E-state index in [0.717, 1.165) is 41.4 Å². The first-order valence-electron chi connectivity index (χ1n) is 14.1. The molecular formula is C31H45FSi. The zero-order valence-electron chi connectivity index (χ0n) is 21.1. The van der Waals surface area contributed by atoms with Crippen molar-refractivity contribution in [1.82, 2.24) is 0 Å². The molecule has 0 amide bonds. The maximum Gasteiger partial charge on any atom is 0.131 e. The van der Waals surface area contributed by atoms with E-state index in [2.05, 4.69) is 44.2 Å². The normalized spacial score (nSPS) is 25.8. The molecule has 0 unspecified atom stereocenters. The highest BCUT2D eigenvalue weighted by Gasteiger charge is 2.31. The third-order valence-electron chi connectivity index (χ3n) is 8.82. The first kappa shape index (κ1) is 24.7. The Morgan fingerprint density at radius 3 is 2.12 bits per heavy atom. The lowest BCUT2D eigenvalue weighted by Gasteiger charge is -2.37. The van der Waals surface area contributed by atoms with E-state index in [4.69, 9.17) is 0 Å². The van der Waals surface area contributed by atoms with Crippen LogP contribution in [0.15, 0.2) is 42.5 Å². The Kier molecular flexibility index (Phi) is 9.24. The summed E-state index contributed by atoms with van der Waals surface area (Å²) in [4.78, 5) is 0. The summed E-state index contributed by atoms with van der Waals surface area (Å²) in [5, 5.41) is 0. The van der Waals surface area contributed by atoms with E-state index in [-0.39, 0.29) is 14.6 Å². The molecule has 0 nitrogen and oxygen atoms in total. The third kappa shape index (κ3) is 6.59. The molecule has 1 saturated carbocycles. The van der Waals surface area contributed by atoms with Gasteiger partial charge in [0.05, 0.1) is 0 Å². The third-order valence-corrected chi connectivity index (χ3v) is 12.5. The van der Waals surface area contributed by atoms with Gasteiger partial charge >= 0.3 is 0 Å². The molecule has 0 N–H and O–H groups in total. The van der Waals surface area contributed by atoms with Crippen molar-refractivity contribution >= 4 is 8.80 Å². The zero-order chi connectivity index (χ0) is 23.0. The predicted molar refractivity (Wildman–Crippen MR) is 144 cm³/mol. The molecule has 0 aromatic heterocycles. The van der Waals surface area contributed by atoms with Gasteiger partial charge < -0.3 is 0 Å². The van der Waals surface area contributed by atoms with Crippen molar-refractivity contribution in [2.45, 2.75) is 109 Å². The Morgan fingerprint density at radius 1 is 0.788 bits per heavy atom. The fraction of sp³-hybridized carbons (Fsp3) is 0.613. The molecule has 1 aliphatic heterocycles. The van der Waals surface area contributed by atoms with Gasteiger partial charge in [-0.15, -0.1) is 0 Å². The topological polar surface area (TPSA) is 0 Å². The average molecular weight is 465 g/mol. The van der Waals surface area contributed by atoms with Crippen LogP contribution in [0.5, 0.6) is 0 Å². The van der Waals surface area contributed by atoms with Crippen LogP contribution in [-0.2, 0) is 6.42 Å². The number of rotatable bonds is 9.